The van der Waals surface area contributed by atoms with E-state index in [9.17, 15) is 18.3 Å². The van der Waals surface area contributed by atoms with Crippen LogP contribution in [0.1, 0.15) is 25.3 Å². The van der Waals surface area contributed by atoms with Crippen molar-refractivity contribution in [2.45, 2.75) is 25.4 Å². The molecule has 1 aliphatic rings. The van der Waals surface area contributed by atoms with Crippen molar-refractivity contribution in [3.8, 4) is 0 Å². The van der Waals surface area contributed by atoms with Gasteiger partial charge in [0.05, 0.1) is 5.92 Å². The smallest absolute Gasteiger partial charge is 0.307 e. The van der Waals surface area contributed by atoms with Crippen LogP contribution in [0.25, 0.3) is 0 Å². The molecule has 0 spiro atoms. The lowest BCUT2D eigenvalue weighted by atomic mass is 10.0. The first kappa shape index (κ1) is 17.4. The van der Waals surface area contributed by atoms with Crippen molar-refractivity contribution in [3.63, 3.8) is 0 Å². The second-order valence-electron chi connectivity index (χ2n) is 5.65. The van der Waals surface area contributed by atoms with Gasteiger partial charge in [0, 0.05) is 19.6 Å². The molecule has 0 aliphatic carbocycles. The maximum Gasteiger partial charge on any atom is 0.307 e. The van der Waals surface area contributed by atoms with E-state index in [-0.39, 0.29) is 13.1 Å². The van der Waals surface area contributed by atoms with Crippen molar-refractivity contribution >= 4 is 27.5 Å². The molecule has 2 rings (SSSR count). The standard InChI is InChI=1S/C13H20N2O5S2/c1-13(18,11-4-6-21-8-11)9-14-22(19,20)15-5-2-3-10(7-15)12(16)17/h4,6,8,10,14,18H,2-3,5,7,9H2,1H3,(H,16,17). The van der Waals surface area contributed by atoms with Gasteiger partial charge in [-0.05, 0) is 42.2 Å². The Balaban J connectivity index is 2.00. The summed E-state index contributed by atoms with van der Waals surface area (Å²) >= 11 is 1.42. The number of thiophene rings is 1. The minimum Gasteiger partial charge on any atom is -0.481 e. The monoisotopic (exact) mass is 348 g/mol. The number of carbonyl (C=O) groups is 1. The molecular weight excluding hydrogens is 328 g/mol. The Morgan fingerprint density at radius 1 is 1.59 bits per heavy atom. The van der Waals surface area contributed by atoms with Crippen molar-refractivity contribution in [1.82, 2.24) is 9.03 Å². The zero-order valence-electron chi connectivity index (χ0n) is 12.2. The van der Waals surface area contributed by atoms with Crippen LogP contribution in [-0.4, -0.2) is 48.5 Å². The number of aliphatic hydroxyl groups is 1. The summed E-state index contributed by atoms with van der Waals surface area (Å²) in [6.45, 7) is 1.62. The zero-order valence-corrected chi connectivity index (χ0v) is 13.9. The molecular formula is C13H20N2O5S2. The van der Waals surface area contributed by atoms with E-state index in [1.807, 2.05) is 0 Å². The minimum absolute atomic E-state index is 0.0364. The first-order chi connectivity index (χ1) is 10.2. The average molecular weight is 348 g/mol. The molecule has 1 aliphatic heterocycles. The number of nitrogens with one attached hydrogen (secondary N) is 1. The molecule has 0 amide bonds. The Hall–Kier alpha value is -1.000. The van der Waals surface area contributed by atoms with Crippen molar-refractivity contribution in [3.05, 3.63) is 22.4 Å². The van der Waals surface area contributed by atoms with Crippen LogP contribution in [0.5, 0.6) is 0 Å². The number of hydrogen-bond donors (Lipinski definition) is 3. The van der Waals surface area contributed by atoms with Gasteiger partial charge in [-0.1, -0.05) is 0 Å². The van der Waals surface area contributed by atoms with Crippen LogP contribution in [0.4, 0.5) is 0 Å². The molecule has 0 bridgehead atoms. The lowest BCUT2D eigenvalue weighted by Crippen LogP contribution is -2.50. The molecule has 9 heteroatoms. The lowest BCUT2D eigenvalue weighted by molar-refractivity contribution is -0.142. The predicted molar refractivity (Wildman–Crippen MR) is 82.7 cm³/mol. The van der Waals surface area contributed by atoms with Crippen LogP contribution in [-0.2, 0) is 20.6 Å². The largest absolute Gasteiger partial charge is 0.481 e. The maximum absolute atomic E-state index is 12.3. The van der Waals surface area contributed by atoms with E-state index in [4.69, 9.17) is 5.11 Å². The second-order valence-corrected chi connectivity index (χ2v) is 8.18. The molecule has 1 fully saturated rings. The van der Waals surface area contributed by atoms with Crippen LogP contribution in [0, 0.1) is 5.92 Å². The highest BCUT2D eigenvalue weighted by molar-refractivity contribution is 7.87. The fraction of sp³-hybridized carbons (Fsp3) is 0.615. The van der Waals surface area contributed by atoms with Gasteiger partial charge in [0.15, 0.2) is 0 Å². The molecule has 7 nitrogen and oxygen atoms in total. The second kappa shape index (κ2) is 6.63. The molecule has 3 N–H and O–H groups in total. The summed E-state index contributed by atoms with van der Waals surface area (Å²) in [4.78, 5) is 11.0. The minimum atomic E-state index is -3.81. The summed E-state index contributed by atoms with van der Waals surface area (Å²) in [6, 6.07) is 1.74. The van der Waals surface area contributed by atoms with Crippen molar-refractivity contribution in [1.29, 1.82) is 0 Å². The van der Waals surface area contributed by atoms with E-state index >= 15 is 0 Å². The molecule has 1 aromatic heterocycles. The molecule has 0 saturated carbocycles. The van der Waals surface area contributed by atoms with Gasteiger partial charge < -0.3 is 10.2 Å². The molecule has 1 saturated heterocycles. The number of rotatable bonds is 6. The molecule has 2 unspecified atom stereocenters. The molecule has 0 radical (unpaired) electrons. The third-order valence-electron chi connectivity index (χ3n) is 3.82. The van der Waals surface area contributed by atoms with E-state index in [1.165, 1.54) is 18.3 Å². The van der Waals surface area contributed by atoms with E-state index in [2.05, 4.69) is 4.72 Å². The molecule has 22 heavy (non-hydrogen) atoms. The number of carboxylic acids is 1. The summed E-state index contributed by atoms with van der Waals surface area (Å²) < 4.78 is 28.1. The number of hydrogen-bond acceptors (Lipinski definition) is 5. The van der Waals surface area contributed by atoms with Crippen LogP contribution in [0.2, 0.25) is 0 Å². The van der Waals surface area contributed by atoms with Crippen molar-refractivity contribution in [2.75, 3.05) is 19.6 Å². The molecule has 2 atom stereocenters. The van der Waals surface area contributed by atoms with Crippen LogP contribution in [0.3, 0.4) is 0 Å². The van der Waals surface area contributed by atoms with Gasteiger partial charge in [-0.2, -0.15) is 28.8 Å². The quantitative estimate of drug-likeness (QED) is 0.697. The molecule has 124 valence electrons. The third kappa shape index (κ3) is 4.05. The SMILES string of the molecule is CC(O)(CNS(=O)(=O)N1CCCC(C(=O)O)C1)c1ccsc1. The average Bonchev–Trinajstić information content (AvgIpc) is 3.01. The summed E-state index contributed by atoms with van der Waals surface area (Å²) in [5, 5.41) is 22.9. The summed E-state index contributed by atoms with van der Waals surface area (Å²) in [5.41, 5.74) is -0.669. The lowest BCUT2D eigenvalue weighted by Gasteiger charge is -2.31. The van der Waals surface area contributed by atoms with Crippen molar-refractivity contribution < 1.29 is 23.4 Å². The van der Waals surface area contributed by atoms with Crippen LogP contribution in [0.15, 0.2) is 16.8 Å². The predicted octanol–water partition coefficient (Wildman–Crippen LogP) is 0.587. The fourth-order valence-corrected chi connectivity index (χ4v) is 4.53. The summed E-state index contributed by atoms with van der Waals surface area (Å²) in [5.74, 6) is -1.66. The van der Waals surface area contributed by atoms with Gasteiger partial charge in [0.1, 0.15) is 5.60 Å². The topological polar surface area (TPSA) is 107 Å². The Kier molecular flexibility index (Phi) is 5.23. The van der Waals surface area contributed by atoms with Gasteiger partial charge in [-0.3, -0.25) is 4.79 Å². The molecule has 1 aromatic rings. The van der Waals surface area contributed by atoms with Gasteiger partial charge in [-0.15, -0.1) is 0 Å². The number of piperidine rings is 1. The molecule has 0 aromatic carbocycles. The maximum atomic E-state index is 12.3. The van der Waals surface area contributed by atoms with Gasteiger partial charge in [-0.25, -0.2) is 0 Å². The number of aliphatic carboxylic acids is 1. The summed E-state index contributed by atoms with van der Waals surface area (Å²) in [6.07, 6.45) is 0.993. The number of carboxylic acid groups (broad SMARTS) is 1. The van der Waals surface area contributed by atoms with Crippen LogP contribution < -0.4 is 4.72 Å². The zero-order chi connectivity index (χ0) is 16.4. The van der Waals surface area contributed by atoms with Crippen LogP contribution >= 0.6 is 11.3 Å². The van der Waals surface area contributed by atoms with E-state index in [0.29, 0.717) is 24.9 Å². The van der Waals surface area contributed by atoms with E-state index in [0.717, 1.165) is 4.31 Å². The first-order valence-electron chi connectivity index (χ1n) is 6.95. The van der Waals surface area contributed by atoms with Gasteiger partial charge in [0.2, 0.25) is 0 Å². The normalized spacial score (nSPS) is 23.1. The highest BCUT2D eigenvalue weighted by Crippen LogP contribution is 2.23. The van der Waals surface area contributed by atoms with E-state index < -0.39 is 27.7 Å². The molecule has 2 heterocycles. The Labute approximate surface area is 133 Å². The Morgan fingerprint density at radius 2 is 2.32 bits per heavy atom. The fourth-order valence-electron chi connectivity index (χ4n) is 2.36. The summed E-state index contributed by atoms with van der Waals surface area (Å²) in [7, 11) is -3.81. The number of nitrogens with zero attached hydrogens (tertiary/aromatic N) is 1. The Bertz CT molecular complexity index is 612. The Morgan fingerprint density at radius 3 is 2.91 bits per heavy atom. The van der Waals surface area contributed by atoms with E-state index in [1.54, 1.807) is 16.8 Å². The van der Waals surface area contributed by atoms with Crippen molar-refractivity contribution in [2.24, 2.45) is 5.92 Å². The highest BCUT2D eigenvalue weighted by atomic mass is 32.2. The van der Waals surface area contributed by atoms with Gasteiger partial charge >= 0.3 is 5.97 Å². The van der Waals surface area contributed by atoms with Gasteiger partial charge in [0.25, 0.3) is 10.2 Å². The third-order valence-corrected chi connectivity index (χ3v) is 6.02. The highest BCUT2D eigenvalue weighted by Gasteiger charge is 2.34. The first-order valence-corrected chi connectivity index (χ1v) is 9.33.